The van der Waals surface area contributed by atoms with E-state index >= 15 is 0 Å². The van der Waals surface area contributed by atoms with Crippen LogP contribution in [0.3, 0.4) is 0 Å². The summed E-state index contributed by atoms with van der Waals surface area (Å²) in [5, 5.41) is 13.5. The highest BCUT2D eigenvalue weighted by Crippen LogP contribution is 2.49. The molecule has 0 N–H and O–H groups in total. The van der Waals surface area contributed by atoms with Crippen molar-refractivity contribution in [3.63, 3.8) is 0 Å². The predicted octanol–water partition coefficient (Wildman–Crippen LogP) is 2.94. The maximum atomic E-state index is 13.8. The summed E-state index contributed by atoms with van der Waals surface area (Å²) in [7, 11) is 0. The van der Waals surface area contributed by atoms with Crippen molar-refractivity contribution in [1.82, 2.24) is 10.1 Å². The van der Waals surface area contributed by atoms with Crippen LogP contribution in [-0.4, -0.2) is 28.3 Å². The van der Waals surface area contributed by atoms with Gasteiger partial charge in [-0.15, -0.1) is 0 Å². The van der Waals surface area contributed by atoms with Gasteiger partial charge in [0.2, 0.25) is 5.91 Å². The summed E-state index contributed by atoms with van der Waals surface area (Å²) < 4.78 is 5.14. The lowest BCUT2D eigenvalue weighted by atomic mass is 9.57. The molecule has 1 aliphatic carbocycles. The molecule has 0 spiro atoms. The Morgan fingerprint density at radius 3 is 2.71 bits per heavy atom. The Hall–Kier alpha value is -3.20. The molecule has 1 amide bonds. The second kappa shape index (κ2) is 6.75. The summed E-state index contributed by atoms with van der Waals surface area (Å²) in [4.78, 5) is 28.2. The Balaban J connectivity index is 1.84. The number of nitrogens with zero attached hydrogens (tertiary/aromatic N) is 3. The molecule has 142 valence electrons. The van der Waals surface area contributed by atoms with E-state index in [2.05, 4.69) is 5.16 Å². The van der Waals surface area contributed by atoms with E-state index in [1.807, 2.05) is 56.3 Å². The van der Waals surface area contributed by atoms with Gasteiger partial charge in [-0.25, -0.2) is 0 Å². The minimum Gasteiger partial charge on any atom is -0.361 e. The normalized spacial score (nSPS) is 27.2. The fourth-order valence-corrected chi connectivity index (χ4v) is 4.65. The second-order valence-corrected chi connectivity index (χ2v) is 7.61. The Morgan fingerprint density at radius 2 is 2.07 bits per heavy atom. The maximum Gasteiger partial charge on any atom is 0.237 e. The van der Waals surface area contributed by atoms with E-state index in [0.717, 1.165) is 5.56 Å². The van der Waals surface area contributed by atoms with Gasteiger partial charge in [-0.3, -0.25) is 9.59 Å². The number of allylic oxidation sites excluding steroid dienone is 1. The number of nitriles is 1. The van der Waals surface area contributed by atoms with Gasteiger partial charge in [0.15, 0.2) is 5.78 Å². The number of hydrogen-bond donors (Lipinski definition) is 0. The molecule has 1 aliphatic heterocycles. The number of piperidine rings is 1. The molecule has 2 aromatic rings. The van der Waals surface area contributed by atoms with E-state index < -0.39 is 5.41 Å². The lowest BCUT2D eigenvalue weighted by Crippen LogP contribution is -2.59. The fraction of sp³-hybridized carbons (Fsp3) is 0.364. The SMILES string of the molecule is Cc1cc(CN2CC[C@H]3[C@H](C)C(=O)C(C#N)=C[C@]3(c3ccccc3)C2=O)no1. The van der Waals surface area contributed by atoms with Crippen molar-refractivity contribution in [2.24, 2.45) is 11.8 Å². The molecule has 0 radical (unpaired) electrons. The Bertz CT molecular complexity index is 1000. The first-order chi connectivity index (χ1) is 13.5. The zero-order valence-corrected chi connectivity index (χ0v) is 15.9. The number of hydrogen-bond acceptors (Lipinski definition) is 5. The third-order valence-corrected chi connectivity index (χ3v) is 5.99. The summed E-state index contributed by atoms with van der Waals surface area (Å²) in [6.45, 7) is 4.53. The van der Waals surface area contributed by atoms with Crippen LogP contribution in [0, 0.1) is 30.1 Å². The predicted molar refractivity (Wildman–Crippen MR) is 101 cm³/mol. The number of amides is 1. The summed E-state index contributed by atoms with van der Waals surface area (Å²) in [6.07, 6.45) is 2.29. The molecule has 0 unspecified atom stereocenters. The molecule has 28 heavy (non-hydrogen) atoms. The third-order valence-electron chi connectivity index (χ3n) is 5.99. The van der Waals surface area contributed by atoms with Crippen LogP contribution < -0.4 is 0 Å². The highest BCUT2D eigenvalue weighted by Gasteiger charge is 2.56. The molecule has 1 aromatic heterocycles. The molecule has 4 rings (SSSR count). The Labute approximate surface area is 163 Å². The van der Waals surface area contributed by atoms with E-state index in [4.69, 9.17) is 4.52 Å². The first-order valence-corrected chi connectivity index (χ1v) is 9.41. The zero-order chi connectivity index (χ0) is 19.9. The smallest absolute Gasteiger partial charge is 0.237 e. The van der Waals surface area contributed by atoms with Crippen LogP contribution in [0.2, 0.25) is 0 Å². The minimum absolute atomic E-state index is 0.0695. The number of likely N-dealkylation sites (tertiary alicyclic amines) is 1. The van der Waals surface area contributed by atoms with E-state index in [-0.39, 0.29) is 29.1 Å². The molecule has 6 nitrogen and oxygen atoms in total. The van der Waals surface area contributed by atoms with Crippen LogP contribution in [0.15, 0.2) is 52.6 Å². The number of aryl methyl sites for hydroxylation is 1. The Kier molecular flexibility index (Phi) is 4.38. The topological polar surface area (TPSA) is 87.2 Å². The van der Waals surface area contributed by atoms with Crippen LogP contribution in [0.25, 0.3) is 0 Å². The highest BCUT2D eigenvalue weighted by atomic mass is 16.5. The van der Waals surface area contributed by atoms with Crippen molar-refractivity contribution in [2.45, 2.75) is 32.2 Å². The molecule has 0 saturated carbocycles. The van der Waals surface area contributed by atoms with E-state index in [1.165, 1.54) is 0 Å². The van der Waals surface area contributed by atoms with Gasteiger partial charge in [-0.2, -0.15) is 5.26 Å². The summed E-state index contributed by atoms with van der Waals surface area (Å²) >= 11 is 0. The minimum atomic E-state index is -1.02. The molecule has 1 aromatic carbocycles. The van der Waals surface area contributed by atoms with Crippen molar-refractivity contribution in [3.05, 3.63) is 65.1 Å². The van der Waals surface area contributed by atoms with Crippen molar-refractivity contribution in [3.8, 4) is 6.07 Å². The molecule has 0 bridgehead atoms. The van der Waals surface area contributed by atoms with Gasteiger partial charge in [0.25, 0.3) is 0 Å². The summed E-state index contributed by atoms with van der Waals surface area (Å²) in [5.41, 5.74) is 0.562. The summed E-state index contributed by atoms with van der Waals surface area (Å²) in [5.74, 6) is -0.142. The molecule has 1 saturated heterocycles. The lowest BCUT2D eigenvalue weighted by molar-refractivity contribution is -0.145. The highest BCUT2D eigenvalue weighted by molar-refractivity contribution is 6.06. The number of carbonyl (C=O) groups excluding carboxylic acids is 2. The van der Waals surface area contributed by atoms with Gasteiger partial charge >= 0.3 is 0 Å². The first kappa shape index (κ1) is 18.2. The van der Waals surface area contributed by atoms with Gasteiger partial charge in [0, 0.05) is 18.5 Å². The van der Waals surface area contributed by atoms with Crippen molar-refractivity contribution < 1.29 is 14.1 Å². The van der Waals surface area contributed by atoms with Gasteiger partial charge in [0.1, 0.15) is 17.5 Å². The standard InChI is InChI=1S/C22H21N3O3/c1-14-10-18(24-28-14)13-25-9-8-19-15(2)20(26)16(12-23)11-22(19,21(25)27)17-6-4-3-5-7-17/h3-7,10-11,15,19H,8-9,13H2,1-2H3/t15-,19-,22+/m0/s1. The van der Waals surface area contributed by atoms with Crippen LogP contribution >= 0.6 is 0 Å². The molecular formula is C22H21N3O3. The fourth-order valence-electron chi connectivity index (χ4n) is 4.65. The zero-order valence-electron chi connectivity index (χ0n) is 15.9. The number of carbonyl (C=O) groups is 2. The van der Waals surface area contributed by atoms with Gasteiger partial charge in [-0.05, 0) is 30.9 Å². The quantitative estimate of drug-likeness (QED) is 0.823. The largest absolute Gasteiger partial charge is 0.361 e. The van der Waals surface area contributed by atoms with Crippen molar-refractivity contribution >= 4 is 11.7 Å². The molecule has 2 aliphatic rings. The average Bonchev–Trinajstić information content (AvgIpc) is 3.12. The summed E-state index contributed by atoms with van der Waals surface area (Å²) in [6, 6.07) is 13.3. The first-order valence-electron chi connectivity index (χ1n) is 9.41. The Morgan fingerprint density at radius 1 is 1.32 bits per heavy atom. The van der Waals surface area contributed by atoms with Crippen LogP contribution in [0.1, 0.15) is 30.4 Å². The average molecular weight is 375 g/mol. The molecule has 6 heteroatoms. The van der Waals surface area contributed by atoms with Gasteiger partial charge < -0.3 is 9.42 Å². The maximum absolute atomic E-state index is 13.8. The van der Waals surface area contributed by atoms with Crippen LogP contribution in [0.5, 0.6) is 0 Å². The van der Waals surface area contributed by atoms with Crippen LogP contribution in [-0.2, 0) is 21.5 Å². The van der Waals surface area contributed by atoms with E-state index in [0.29, 0.717) is 31.0 Å². The number of rotatable bonds is 3. The number of benzene rings is 1. The molecule has 2 heterocycles. The molecular weight excluding hydrogens is 354 g/mol. The number of aromatic nitrogens is 1. The van der Waals surface area contributed by atoms with E-state index in [9.17, 15) is 14.9 Å². The molecule has 1 fully saturated rings. The molecule has 3 atom stereocenters. The number of fused-ring (bicyclic) bond motifs is 1. The third kappa shape index (κ3) is 2.66. The van der Waals surface area contributed by atoms with Crippen LogP contribution in [0.4, 0.5) is 0 Å². The second-order valence-electron chi connectivity index (χ2n) is 7.61. The lowest BCUT2D eigenvalue weighted by Gasteiger charge is -2.49. The van der Waals surface area contributed by atoms with Crippen molar-refractivity contribution in [2.75, 3.05) is 6.54 Å². The monoisotopic (exact) mass is 375 g/mol. The number of ketones is 1. The van der Waals surface area contributed by atoms with Crippen molar-refractivity contribution in [1.29, 1.82) is 5.26 Å². The van der Waals surface area contributed by atoms with Gasteiger partial charge in [0.05, 0.1) is 17.5 Å². The number of Topliss-reactive ketones (excluding diaryl/α,β-unsaturated/α-hetero) is 1. The van der Waals surface area contributed by atoms with E-state index in [1.54, 1.807) is 11.0 Å². The van der Waals surface area contributed by atoms with Gasteiger partial charge in [-0.1, -0.05) is 42.4 Å².